The van der Waals surface area contributed by atoms with Crippen LogP contribution in [0.3, 0.4) is 0 Å². The van der Waals surface area contributed by atoms with Gasteiger partial charge in [0.15, 0.2) is 0 Å². The SMILES string of the molecule is CC1Oc2c(C(N)=O)cc(C(N)=O)cc2C1c1ccccn1. The highest BCUT2D eigenvalue weighted by Gasteiger charge is 2.36. The van der Waals surface area contributed by atoms with Crippen LogP contribution in [0.25, 0.3) is 0 Å². The van der Waals surface area contributed by atoms with E-state index >= 15 is 0 Å². The molecule has 22 heavy (non-hydrogen) atoms. The van der Waals surface area contributed by atoms with Gasteiger partial charge < -0.3 is 16.2 Å². The lowest BCUT2D eigenvalue weighted by Crippen LogP contribution is -2.16. The zero-order chi connectivity index (χ0) is 15.9. The van der Waals surface area contributed by atoms with Crippen LogP contribution in [0.2, 0.25) is 0 Å². The van der Waals surface area contributed by atoms with E-state index in [1.165, 1.54) is 6.07 Å². The number of amides is 2. The lowest BCUT2D eigenvalue weighted by molar-refractivity contribution is 0.0995. The van der Waals surface area contributed by atoms with Crippen LogP contribution in [0.5, 0.6) is 5.75 Å². The van der Waals surface area contributed by atoms with Crippen molar-refractivity contribution < 1.29 is 14.3 Å². The Bertz CT molecular complexity index is 759. The van der Waals surface area contributed by atoms with Crippen molar-refractivity contribution in [3.05, 3.63) is 58.9 Å². The van der Waals surface area contributed by atoms with E-state index in [2.05, 4.69) is 4.98 Å². The summed E-state index contributed by atoms with van der Waals surface area (Å²) < 4.78 is 5.81. The zero-order valence-electron chi connectivity index (χ0n) is 11.9. The number of hydrogen-bond acceptors (Lipinski definition) is 4. The summed E-state index contributed by atoms with van der Waals surface area (Å²) in [6.07, 6.45) is 1.46. The first-order chi connectivity index (χ1) is 10.5. The van der Waals surface area contributed by atoms with Crippen LogP contribution in [-0.4, -0.2) is 22.9 Å². The van der Waals surface area contributed by atoms with E-state index in [1.807, 2.05) is 25.1 Å². The quantitative estimate of drug-likeness (QED) is 0.887. The summed E-state index contributed by atoms with van der Waals surface area (Å²) in [6, 6.07) is 8.59. The van der Waals surface area contributed by atoms with Gasteiger partial charge in [0.25, 0.3) is 5.91 Å². The van der Waals surface area contributed by atoms with Crippen LogP contribution in [-0.2, 0) is 0 Å². The monoisotopic (exact) mass is 297 g/mol. The maximum Gasteiger partial charge on any atom is 0.252 e. The van der Waals surface area contributed by atoms with Gasteiger partial charge in [-0.15, -0.1) is 0 Å². The van der Waals surface area contributed by atoms with Gasteiger partial charge in [-0.25, -0.2) is 0 Å². The minimum atomic E-state index is -0.659. The third kappa shape index (κ3) is 2.18. The van der Waals surface area contributed by atoms with Gasteiger partial charge in [-0.2, -0.15) is 0 Å². The number of fused-ring (bicyclic) bond motifs is 1. The van der Waals surface area contributed by atoms with Crippen molar-refractivity contribution in [1.29, 1.82) is 0 Å². The molecule has 0 fully saturated rings. The summed E-state index contributed by atoms with van der Waals surface area (Å²) in [4.78, 5) is 27.5. The van der Waals surface area contributed by atoms with Crippen molar-refractivity contribution in [1.82, 2.24) is 4.98 Å². The molecule has 0 aliphatic carbocycles. The highest BCUT2D eigenvalue weighted by molar-refractivity contribution is 6.01. The molecule has 0 saturated heterocycles. The summed E-state index contributed by atoms with van der Waals surface area (Å²) in [5.74, 6) is -1.06. The average molecular weight is 297 g/mol. The van der Waals surface area contributed by atoms with E-state index in [1.54, 1.807) is 12.3 Å². The minimum Gasteiger partial charge on any atom is -0.489 e. The Morgan fingerprint density at radius 2 is 1.95 bits per heavy atom. The van der Waals surface area contributed by atoms with Crippen LogP contribution in [0.4, 0.5) is 0 Å². The van der Waals surface area contributed by atoms with Crippen molar-refractivity contribution in [2.24, 2.45) is 11.5 Å². The number of aromatic nitrogens is 1. The Labute approximate surface area is 127 Å². The number of primary amides is 2. The van der Waals surface area contributed by atoms with Gasteiger partial charge >= 0.3 is 0 Å². The first kappa shape index (κ1) is 14.1. The summed E-state index contributed by atoms with van der Waals surface area (Å²) in [5, 5.41) is 0. The standard InChI is InChI=1S/C16H15N3O3/c1-8-13(12-4-2-3-5-19-12)10-6-9(15(17)20)7-11(16(18)21)14(10)22-8/h2-8,13H,1H3,(H2,17,20)(H2,18,21). The van der Waals surface area contributed by atoms with E-state index in [0.29, 0.717) is 11.3 Å². The normalized spacial score (nSPS) is 19.3. The molecule has 2 heterocycles. The molecule has 2 amide bonds. The number of ether oxygens (including phenoxy) is 1. The van der Waals surface area contributed by atoms with E-state index < -0.39 is 11.8 Å². The molecule has 112 valence electrons. The second-order valence-corrected chi connectivity index (χ2v) is 5.23. The predicted molar refractivity (Wildman–Crippen MR) is 79.6 cm³/mol. The van der Waals surface area contributed by atoms with Crippen LogP contribution in [0.1, 0.15) is 44.8 Å². The molecular formula is C16H15N3O3. The van der Waals surface area contributed by atoms with Gasteiger partial charge in [0.1, 0.15) is 11.9 Å². The molecule has 1 aliphatic heterocycles. The molecule has 4 N–H and O–H groups in total. The molecule has 1 aromatic heterocycles. The van der Waals surface area contributed by atoms with Crippen molar-refractivity contribution >= 4 is 11.8 Å². The number of carbonyl (C=O) groups excluding carboxylic acids is 2. The van der Waals surface area contributed by atoms with Gasteiger partial charge in [0.05, 0.1) is 17.2 Å². The Kier molecular flexibility index (Phi) is 3.29. The Balaban J connectivity index is 2.22. The van der Waals surface area contributed by atoms with Gasteiger partial charge in [-0.3, -0.25) is 14.6 Å². The molecule has 2 atom stereocenters. The molecule has 0 bridgehead atoms. The smallest absolute Gasteiger partial charge is 0.252 e. The molecule has 0 radical (unpaired) electrons. The second kappa shape index (κ2) is 5.14. The van der Waals surface area contributed by atoms with Gasteiger partial charge in [-0.05, 0) is 31.2 Å². The van der Waals surface area contributed by atoms with Gasteiger partial charge in [0, 0.05) is 17.3 Å². The number of nitrogens with zero attached hydrogens (tertiary/aromatic N) is 1. The van der Waals surface area contributed by atoms with Gasteiger partial charge in [-0.1, -0.05) is 6.07 Å². The summed E-state index contributed by atoms with van der Waals surface area (Å²) in [7, 11) is 0. The Morgan fingerprint density at radius 1 is 1.18 bits per heavy atom. The van der Waals surface area contributed by atoms with Crippen molar-refractivity contribution in [3.8, 4) is 5.75 Å². The molecule has 0 saturated carbocycles. The fourth-order valence-corrected chi connectivity index (χ4v) is 2.81. The van der Waals surface area contributed by atoms with Crippen molar-refractivity contribution in [2.45, 2.75) is 18.9 Å². The van der Waals surface area contributed by atoms with Crippen molar-refractivity contribution in [3.63, 3.8) is 0 Å². The van der Waals surface area contributed by atoms with Crippen molar-refractivity contribution in [2.75, 3.05) is 0 Å². The topological polar surface area (TPSA) is 108 Å². The molecule has 2 aromatic rings. The maximum absolute atomic E-state index is 11.7. The lowest BCUT2D eigenvalue weighted by atomic mass is 9.89. The van der Waals surface area contributed by atoms with Crippen LogP contribution >= 0.6 is 0 Å². The van der Waals surface area contributed by atoms with E-state index in [-0.39, 0.29) is 23.1 Å². The third-order valence-electron chi connectivity index (χ3n) is 3.78. The lowest BCUT2D eigenvalue weighted by Gasteiger charge is -2.14. The van der Waals surface area contributed by atoms with Crippen LogP contribution in [0, 0.1) is 0 Å². The fourth-order valence-electron chi connectivity index (χ4n) is 2.81. The third-order valence-corrected chi connectivity index (χ3v) is 3.78. The van der Waals surface area contributed by atoms with Crippen LogP contribution < -0.4 is 16.2 Å². The number of rotatable bonds is 3. The zero-order valence-corrected chi connectivity index (χ0v) is 11.9. The predicted octanol–water partition coefficient (Wildman–Crippen LogP) is 1.19. The fraction of sp³-hybridized carbons (Fsp3) is 0.188. The number of carbonyl (C=O) groups is 2. The highest BCUT2D eigenvalue weighted by atomic mass is 16.5. The number of benzene rings is 1. The number of hydrogen-bond donors (Lipinski definition) is 2. The Hall–Kier alpha value is -2.89. The Morgan fingerprint density at radius 3 is 2.55 bits per heavy atom. The largest absolute Gasteiger partial charge is 0.489 e. The van der Waals surface area contributed by atoms with E-state index in [9.17, 15) is 9.59 Å². The molecule has 1 aliphatic rings. The summed E-state index contributed by atoms with van der Waals surface area (Å²) in [5.41, 5.74) is 12.6. The molecule has 0 spiro atoms. The molecule has 2 unspecified atom stereocenters. The summed E-state index contributed by atoms with van der Waals surface area (Å²) >= 11 is 0. The molecule has 1 aromatic carbocycles. The molecule has 3 rings (SSSR count). The average Bonchev–Trinajstić information content (AvgIpc) is 2.82. The molecular weight excluding hydrogens is 282 g/mol. The summed E-state index contributed by atoms with van der Waals surface area (Å²) in [6.45, 7) is 1.88. The minimum absolute atomic E-state index is 0.164. The van der Waals surface area contributed by atoms with Gasteiger partial charge in [0.2, 0.25) is 5.91 Å². The number of nitrogens with two attached hydrogens (primary N) is 2. The van der Waals surface area contributed by atoms with E-state index in [0.717, 1.165) is 5.69 Å². The first-order valence-electron chi connectivity index (χ1n) is 6.84. The number of pyridine rings is 1. The maximum atomic E-state index is 11.7. The molecule has 6 heteroatoms. The first-order valence-corrected chi connectivity index (χ1v) is 6.84. The highest BCUT2D eigenvalue weighted by Crippen LogP contribution is 2.44. The van der Waals surface area contributed by atoms with Crippen LogP contribution in [0.15, 0.2) is 36.5 Å². The molecule has 6 nitrogen and oxygen atoms in total. The van der Waals surface area contributed by atoms with E-state index in [4.69, 9.17) is 16.2 Å². The second-order valence-electron chi connectivity index (χ2n) is 5.23.